The van der Waals surface area contributed by atoms with Crippen molar-refractivity contribution in [3.8, 4) is 5.75 Å². The monoisotopic (exact) mass is 1010 g/mol. The van der Waals surface area contributed by atoms with Gasteiger partial charge in [0.05, 0.1) is 12.5 Å². The van der Waals surface area contributed by atoms with Gasteiger partial charge in [0.2, 0.25) is 59.1 Å². The molecule has 0 saturated carbocycles. The van der Waals surface area contributed by atoms with Gasteiger partial charge in [-0.1, -0.05) is 46.2 Å². The zero-order valence-electron chi connectivity index (χ0n) is 39.0. The molecular weight excluding hydrogens is 943 g/mol. The second-order valence-electron chi connectivity index (χ2n) is 17.1. The summed E-state index contributed by atoms with van der Waals surface area (Å²) in [5.41, 5.74) is 17.2. The predicted molar refractivity (Wildman–Crippen MR) is 256 cm³/mol. The molecular formula is C43H67N11O13S2. The highest BCUT2D eigenvalue weighted by Crippen LogP contribution is 2.20. The molecule has 2 rings (SSSR count). The summed E-state index contributed by atoms with van der Waals surface area (Å²) < 4.78 is 0. The molecule has 1 aromatic rings. The standard InChI is InChI=1S/C43H67N11O13S2/c1-5-22(4)35(53-40(64)28(49-36(60)25(44)19-68)16-23-8-10-24(55)11-9-23)42(66)48-26(12-13-32(45)56)38(62)50-29(17-33(46)57)39(63)52-30(20-69)43(67)54-14-6-7-31(54)41(65)51-27(15-21(2)3)37(61)47-18-34(58)59/h8-11,21-22,25-31,35,55,68-69H,5-7,12-20,44H2,1-4H3,(H2,45,56)(H2,46,57)(H,47,61)(H,48,66)(H,49,60)(H,50,62)(H,51,65)(H,52,63)(H,53,64)(H,58,59)/t22-,25-,26-,27-,28-,29-,30-,31-,35-/m0/s1. The van der Waals surface area contributed by atoms with Crippen LogP contribution in [0.15, 0.2) is 24.3 Å². The Kier molecular flexibility index (Phi) is 24.8. The van der Waals surface area contributed by atoms with E-state index < -0.39 is 145 Å². The van der Waals surface area contributed by atoms with Crippen LogP contribution in [-0.4, -0.2) is 153 Å². The summed E-state index contributed by atoms with van der Waals surface area (Å²) in [6.45, 7) is 6.32. The van der Waals surface area contributed by atoms with Crippen molar-refractivity contribution in [2.45, 2.75) is 127 Å². The number of primary amides is 2. The lowest BCUT2D eigenvalue weighted by atomic mass is 9.96. The van der Waals surface area contributed by atoms with Crippen LogP contribution in [0.1, 0.15) is 78.2 Å². The van der Waals surface area contributed by atoms with Crippen molar-refractivity contribution in [2.24, 2.45) is 29.0 Å². The summed E-state index contributed by atoms with van der Waals surface area (Å²) in [7, 11) is 0. The number of nitrogens with zero attached hydrogens (tertiary/aromatic N) is 1. The van der Waals surface area contributed by atoms with Crippen LogP contribution in [-0.2, 0) is 59.2 Å². The number of phenols is 1. The second kappa shape index (κ2) is 29.0. The van der Waals surface area contributed by atoms with E-state index in [1.165, 1.54) is 29.2 Å². The fraction of sp³-hybridized carbons (Fsp3) is 0.605. The van der Waals surface area contributed by atoms with E-state index in [1.807, 2.05) is 0 Å². The van der Waals surface area contributed by atoms with Gasteiger partial charge in [0.25, 0.3) is 0 Å². The molecule has 10 amide bonds. The van der Waals surface area contributed by atoms with E-state index in [2.05, 4.69) is 62.5 Å². The zero-order valence-corrected chi connectivity index (χ0v) is 40.8. The number of carboxylic acids is 1. The number of phenolic OH excluding ortho intramolecular Hbond substituents is 1. The third-order valence-electron chi connectivity index (χ3n) is 11.1. The van der Waals surface area contributed by atoms with Gasteiger partial charge in [-0.05, 0) is 55.2 Å². The summed E-state index contributed by atoms with van der Waals surface area (Å²) >= 11 is 8.27. The lowest BCUT2D eigenvalue weighted by Gasteiger charge is -2.30. The minimum absolute atomic E-state index is 0.0448. The summed E-state index contributed by atoms with van der Waals surface area (Å²) in [5, 5.41) is 36.0. The smallest absolute Gasteiger partial charge is 0.322 e. The van der Waals surface area contributed by atoms with Crippen molar-refractivity contribution in [1.29, 1.82) is 0 Å². The molecule has 1 saturated heterocycles. The molecule has 0 aliphatic carbocycles. The molecule has 0 radical (unpaired) electrons. The molecule has 9 atom stereocenters. The number of carbonyl (C=O) groups excluding carboxylic acids is 10. The Morgan fingerprint density at radius 2 is 1.30 bits per heavy atom. The SMILES string of the molecule is CC[C@H](C)[C@H](NC(=O)[C@H](Cc1ccc(O)cc1)NC(=O)[C@@H](N)CS)C(=O)N[C@@H](CCC(N)=O)C(=O)N[C@@H](CC(N)=O)C(=O)N[C@@H](CS)C(=O)N1CCC[C@H]1C(=O)N[C@@H](CC(C)C)C(=O)NCC(=O)O. The van der Waals surface area contributed by atoms with E-state index in [-0.39, 0.29) is 49.0 Å². The van der Waals surface area contributed by atoms with E-state index >= 15 is 0 Å². The first-order chi connectivity index (χ1) is 32.4. The van der Waals surface area contributed by atoms with Crippen LogP contribution in [0.5, 0.6) is 5.75 Å². The minimum atomic E-state index is -1.77. The van der Waals surface area contributed by atoms with Crippen molar-refractivity contribution in [3.63, 3.8) is 0 Å². The van der Waals surface area contributed by atoms with E-state index in [4.69, 9.17) is 22.3 Å². The largest absolute Gasteiger partial charge is 0.508 e. The van der Waals surface area contributed by atoms with Gasteiger partial charge in [-0.25, -0.2) is 0 Å². The summed E-state index contributed by atoms with van der Waals surface area (Å²) in [4.78, 5) is 145. The number of benzene rings is 1. The van der Waals surface area contributed by atoms with Gasteiger partial charge in [-0.3, -0.25) is 52.7 Å². The van der Waals surface area contributed by atoms with Gasteiger partial charge in [0.15, 0.2) is 0 Å². The van der Waals surface area contributed by atoms with Crippen LogP contribution in [0.4, 0.5) is 0 Å². The highest BCUT2D eigenvalue weighted by Gasteiger charge is 2.40. The molecule has 0 aromatic heterocycles. The molecule has 1 aliphatic rings. The predicted octanol–water partition coefficient (Wildman–Crippen LogP) is -3.54. The van der Waals surface area contributed by atoms with Crippen LogP contribution in [0, 0.1) is 11.8 Å². The first-order valence-electron chi connectivity index (χ1n) is 22.4. The van der Waals surface area contributed by atoms with Crippen LogP contribution in [0.3, 0.4) is 0 Å². The molecule has 69 heavy (non-hydrogen) atoms. The van der Waals surface area contributed by atoms with Crippen molar-refractivity contribution >= 4 is 90.3 Å². The van der Waals surface area contributed by atoms with Crippen molar-refractivity contribution < 1.29 is 63.0 Å². The fourth-order valence-corrected chi connectivity index (χ4v) is 7.53. The van der Waals surface area contributed by atoms with Gasteiger partial charge in [0, 0.05) is 30.9 Å². The maximum atomic E-state index is 14.0. The van der Waals surface area contributed by atoms with E-state index in [0.29, 0.717) is 18.4 Å². The number of nitrogens with one attached hydrogen (secondary N) is 7. The lowest BCUT2D eigenvalue weighted by molar-refractivity contribution is -0.142. The number of carboxylic acid groups (broad SMARTS) is 1. The molecule has 0 bridgehead atoms. The lowest BCUT2D eigenvalue weighted by Crippen LogP contribution is -2.61. The maximum absolute atomic E-state index is 14.0. The van der Waals surface area contributed by atoms with Crippen molar-refractivity contribution in [1.82, 2.24) is 42.1 Å². The Hall–Kier alpha value is -6.15. The summed E-state index contributed by atoms with van der Waals surface area (Å²) in [5.74, 6) is -11.2. The molecule has 1 heterocycles. The number of aromatic hydroxyl groups is 1. The third kappa shape index (κ3) is 19.8. The first kappa shape index (κ1) is 59.0. The van der Waals surface area contributed by atoms with Crippen LogP contribution in [0.2, 0.25) is 0 Å². The number of amides is 10. The molecule has 1 aliphatic heterocycles. The summed E-state index contributed by atoms with van der Waals surface area (Å²) in [6, 6.07) is -4.97. The van der Waals surface area contributed by atoms with Crippen molar-refractivity contribution in [3.05, 3.63) is 29.8 Å². The van der Waals surface area contributed by atoms with Crippen LogP contribution in [0.25, 0.3) is 0 Å². The molecule has 384 valence electrons. The number of nitrogens with two attached hydrogens (primary N) is 3. The maximum Gasteiger partial charge on any atom is 0.322 e. The Morgan fingerprint density at radius 1 is 0.725 bits per heavy atom. The van der Waals surface area contributed by atoms with Crippen LogP contribution < -0.4 is 54.4 Å². The Bertz CT molecular complexity index is 2010. The van der Waals surface area contributed by atoms with Crippen LogP contribution >= 0.6 is 25.3 Å². The average Bonchev–Trinajstić information content (AvgIpc) is 3.79. The molecule has 0 unspecified atom stereocenters. The Morgan fingerprint density at radius 3 is 1.86 bits per heavy atom. The number of rotatable bonds is 29. The van der Waals surface area contributed by atoms with Gasteiger partial charge >= 0.3 is 5.97 Å². The molecule has 1 fully saturated rings. The number of hydrogen-bond donors (Lipinski definition) is 14. The third-order valence-corrected chi connectivity index (χ3v) is 11.8. The highest BCUT2D eigenvalue weighted by molar-refractivity contribution is 7.80. The Balaban J connectivity index is 2.34. The van der Waals surface area contributed by atoms with E-state index in [9.17, 15) is 57.8 Å². The number of carbonyl (C=O) groups is 11. The Labute approximate surface area is 410 Å². The first-order valence-corrected chi connectivity index (χ1v) is 23.6. The molecule has 26 heteroatoms. The number of aliphatic carboxylic acids is 1. The summed E-state index contributed by atoms with van der Waals surface area (Å²) in [6.07, 6.45) is -0.775. The second-order valence-corrected chi connectivity index (χ2v) is 17.9. The number of likely N-dealkylation sites (tertiary alicyclic amines) is 1. The average molecular weight is 1010 g/mol. The minimum Gasteiger partial charge on any atom is -0.508 e. The zero-order chi connectivity index (χ0) is 52.1. The van der Waals surface area contributed by atoms with E-state index in [1.54, 1.807) is 27.7 Å². The van der Waals surface area contributed by atoms with Gasteiger partial charge < -0.3 is 69.5 Å². The molecule has 0 spiro atoms. The van der Waals surface area contributed by atoms with Crippen molar-refractivity contribution in [2.75, 3.05) is 24.6 Å². The molecule has 24 nitrogen and oxygen atoms in total. The highest BCUT2D eigenvalue weighted by atomic mass is 32.1. The topological polar surface area (TPSA) is 394 Å². The quantitative estimate of drug-likeness (QED) is 0.0346. The van der Waals surface area contributed by atoms with Gasteiger partial charge in [-0.15, -0.1) is 0 Å². The normalized spacial score (nSPS) is 16.8. The molecule has 1 aromatic carbocycles. The number of hydrogen-bond acceptors (Lipinski definition) is 15. The fourth-order valence-electron chi connectivity index (χ4n) is 7.11. The molecule has 15 N–H and O–H groups in total. The van der Waals surface area contributed by atoms with E-state index in [0.717, 1.165) is 0 Å². The van der Waals surface area contributed by atoms with Gasteiger partial charge in [0.1, 0.15) is 54.6 Å². The number of thiol groups is 2. The van der Waals surface area contributed by atoms with Gasteiger partial charge in [-0.2, -0.15) is 25.3 Å².